The van der Waals surface area contributed by atoms with E-state index in [9.17, 15) is 0 Å². The summed E-state index contributed by atoms with van der Waals surface area (Å²) in [5.74, 6) is 0. The second kappa shape index (κ2) is 12.2. The van der Waals surface area contributed by atoms with Crippen LogP contribution in [0.4, 0.5) is 17.1 Å². The Morgan fingerprint density at radius 3 is 1.66 bits per heavy atom. The van der Waals surface area contributed by atoms with Gasteiger partial charge in [-0.1, -0.05) is 152 Å². The lowest BCUT2D eigenvalue weighted by Gasteiger charge is -2.33. The summed E-state index contributed by atoms with van der Waals surface area (Å²) < 4.78 is 2.39. The SMILES string of the molecule is c1ccc(N(c2ccc3c(c2)c2ccccc2n3-c2ccccc2)c2cc3c(c4ccccc24)-c2cc4ccccc4cc2C32c3ccccc3-c3ccccc32)cc1. The number of hydrogen-bond donors (Lipinski definition) is 0. The lowest BCUT2D eigenvalue weighted by Crippen LogP contribution is -2.26. The molecule has 0 saturated heterocycles. The number of nitrogens with zero attached hydrogens (tertiary/aromatic N) is 2. The van der Waals surface area contributed by atoms with Gasteiger partial charge in [0.15, 0.2) is 0 Å². The van der Waals surface area contributed by atoms with Gasteiger partial charge in [-0.3, -0.25) is 0 Å². The van der Waals surface area contributed by atoms with E-state index >= 15 is 0 Å². The lowest BCUT2D eigenvalue weighted by molar-refractivity contribution is 0.795. The minimum absolute atomic E-state index is 0.504. The quantitative estimate of drug-likeness (QED) is 0.174. The molecule has 0 N–H and O–H groups in total. The zero-order valence-electron chi connectivity index (χ0n) is 32.2. The van der Waals surface area contributed by atoms with Gasteiger partial charge in [0.05, 0.1) is 22.1 Å². The van der Waals surface area contributed by atoms with Crippen LogP contribution < -0.4 is 4.90 Å². The van der Waals surface area contributed by atoms with Crippen LogP contribution in [-0.2, 0) is 5.41 Å². The van der Waals surface area contributed by atoms with Crippen molar-refractivity contribution in [1.82, 2.24) is 4.57 Å². The average molecular weight is 749 g/mol. The van der Waals surface area contributed by atoms with E-state index in [0.29, 0.717) is 0 Å². The molecule has 1 aromatic heterocycles. The number of fused-ring (bicyclic) bond motifs is 16. The smallest absolute Gasteiger partial charge is 0.0726 e. The van der Waals surface area contributed by atoms with Gasteiger partial charge in [0.2, 0.25) is 0 Å². The summed E-state index contributed by atoms with van der Waals surface area (Å²) in [6.45, 7) is 0. The molecule has 13 rings (SSSR count). The molecule has 0 radical (unpaired) electrons. The average Bonchev–Trinajstić information content (AvgIpc) is 3.90. The van der Waals surface area contributed by atoms with Crippen molar-refractivity contribution >= 4 is 60.4 Å². The molecule has 0 aliphatic heterocycles. The fourth-order valence-electron chi connectivity index (χ4n) is 10.8. The number of rotatable bonds is 4. The molecule has 2 nitrogen and oxygen atoms in total. The zero-order valence-corrected chi connectivity index (χ0v) is 32.2. The summed E-state index contributed by atoms with van der Waals surface area (Å²) in [6.07, 6.45) is 0. The van der Waals surface area contributed by atoms with E-state index in [0.717, 1.165) is 22.7 Å². The maximum Gasteiger partial charge on any atom is 0.0726 e. The summed E-state index contributed by atoms with van der Waals surface area (Å²) in [4.78, 5) is 2.50. The highest BCUT2D eigenvalue weighted by Gasteiger charge is 2.52. The van der Waals surface area contributed by atoms with E-state index in [2.05, 4.69) is 228 Å². The number of benzene rings is 10. The number of para-hydroxylation sites is 3. The van der Waals surface area contributed by atoms with Crippen molar-refractivity contribution in [3.8, 4) is 27.9 Å². The van der Waals surface area contributed by atoms with Crippen LogP contribution in [0.1, 0.15) is 22.3 Å². The van der Waals surface area contributed by atoms with Gasteiger partial charge in [-0.25, -0.2) is 0 Å². The summed E-state index contributed by atoms with van der Waals surface area (Å²) >= 11 is 0. The molecule has 1 spiro atoms. The molecular weight excluding hydrogens is 713 g/mol. The molecule has 11 aromatic rings. The molecule has 0 fully saturated rings. The molecule has 1 heterocycles. The molecule has 2 aliphatic rings. The Bertz CT molecular complexity index is 3460. The van der Waals surface area contributed by atoms with Crippen molar-refractivity contribution in [2.45, 2.75) is 5.41 Å². The Hall–Kier alpha value is -7.68. The summed E-state index contributed by atoms with van der Waals surface area (Å²) in [6, 6.07) is 81.1. The van der Waals surface area contributed by atoms with E-state index in [-0.39, 0.29) is 0 Å². The van der Waals surface area contributed by atoms with Crippen molar-refractivity contribution < 1.29 is 0 Å². The van der Waals surface area contributed by atoms with Crippen LogP contribution in [-0.4, -0.2) is 4.57 Å². The van der Waals surface area contributed by atoms with Gasteiger partial charge < -0.3 is 9.47 Å². The first-order chi connectivity index (χ1) is 29.3. The first-order valence-electron chi connectivity index (χ1n) is 20.5. The van der Waals surface area contributed by atoms with E-state index in [1.54, 1.807) is 0 Å². The molecule has 2 heteroatoms. The Kier molecular flexibility index (Phi) is 6.68. The van der Waals surface area contributed by atoms with Gasteiger partial charge in [0.1, 0.15) is 0 Å². The standard InChI is InChI=1S/C57H36N2/c1-3-19-39(20-4-1)58(41-31-32-54-47(35-41)45-26-13-16-30-53(45)59(54)40-21-5-2-6-22-40)55-36-52-56(46-27-10-9-25-44(46)55)48-33-37-17-7-8-18-38(37)34-51(48)57(52)49-28-14-11-23-42(49)43-24-12-15-29-50(43)57/h1-36H. The molecule has 0 atom stereocenters. The second-order valence-corrected chi connectivity index (χ2v) is 16.0. The molecule has 0 bridgehead atoms. The number of aromatic nitrogens is 1. The van der Waals surface area contributed by atoms with Gasteiger partial charge in [-0.2, -0.15) is 0 Å². The van der Waals surface area contributed by atoms with Crippen molar-refractivity contribution in [3.63, 3.8) is 0 Å². The van der Waals surface area contributed by atoms with Crippen LogP contribution in [0.2, 0.25) is 0 Å². The van der Waals surface area contributed by atoms with Crippen LogP contribution in [0, 0.1) is 0 Å². The fraction of sp³-hybridized carbons (Fsp3) is 0.0175. The van der Waals surface area contributed by atoms with Gasteiger partial charge in [0, 0.05) is 33.2 Å². The molecule has 0 amide bonds. The highest BCUT2D eigenvalue weighted by Crippen LogP contribution is 2.65. The Morgan fingerprint density at radius 2 is 0.915 bits per heavy atom. The van der Waals surface area contributed by atoms with Crippen LogP contribution in [0.3, 0.4) is 0 Å². The molecule has 274 valence electrons. The second-order valence-electron chi connectivity index (χ2n) is 16.0. The predicted molar refractivity (Wildman–Crippen MR) is 247 cm³/mol. The third-order valence-electron chi connectivity index (χ3n) is 13.1. The molecular formula is C57H36N2. The van der Waals surface area contributed by atoms with E-state index < -0.39 is 5.41 Å². The van der Waals surface area contributed by atoms with Crippen molar-refractivity contribution in [3.05, 3.63) is 241 Å². The maximum absolute atomic E-state index is 2.55. The molecule has 10 aromatic carbocycles. The van der Waals surface area contributed by atoms with Gasteiger partial charge in [-0.05, 0) is 127 Å². The normalized spacial score (nSPS) is 13.2. The third kappa shape index (κ3) is 4.35. The third-order valence-corrected chi connectivity index (χ3v) is 13.1. The first kappa shape index (κ1) is 32.4. The highest BCUT2D eigenvalue weighted by molar-refractivity contribution is 6.15. The largest absolute Gasteiger partial charge is 0.310 e. The zero-order chi connectivity index (χ0) is 38.7. The minimum atomic E-state index is -0.504. The first-order valence-corrected chi connectivity index (χ1v) is 20.5. The van der Waals surface area contributed by atoms with E-state index in [4.69, 9.17) is 0 Å². The van der Waals surface area contributed by atoms with Gasteiger partial charge >= 0.3 is 0 Å². The van der Waals surface area contributed by atoms with Gasteiger partial charge in [-0.15, -0.1) is 0 Å². The molecule has 59 heavy (non-hydrogen) atoms. The number of hydrogen-bond acceptors (Lipinski definition) is 1. The Balaban J connectivity index is 1.15. The maximum atomic E-state index is 2.55. The van der Waals surface area contributed by atoms with Crippen molar-refractivity contribution in [1.29, 1.82) is 0 Å². The van der Waals surface area contributed by atoms with E-state index in [1.165, 1.54) is 87.9 Å². The fourth-order valence-corrected chi connectivity index (χ4v) is 10.8. The minimum Gasteiger partial charge on any atom is -0.310 e. The predicted octanol–water partition coefficient (Wildman–Crippen LogP) is 14.9. The highest BCUT2D eigenvalue weighted by atomic mass is 15.1. The van der Waals surface area contributed by atoms with Crippen molar-refractivity contribution in [2.24, 2.45) is 0 Å². The van der Waals surface area contributed by atoms with Crippen molar-refractivity contribution in [2.75, 3.05) is 4.90 Å². The monoisotopic (exact) mass is 748 g/mol. The lowest BCUT2D eigenvalue weighted by atomic mass is 9.70. The van der Waals surface area contributed by atoms with Crippen LogP contribution >= 0.6 is 0 Å². The molecule has 0 saturated carbocycles. The Morgan fingerprint density at radius 1 is 0.339 bits per heavy atom. The summed E-state index contributed by atoms with van der Waals surface area (Å²) in [5, 5.41) is 7.47. The topological polar surface area (TPSA) is 8.17 Å². The van der Waals surface area contributed by atoms with Crippen LogP contribution in [0.25, 0.3) is 71.3 Å². The van der Waals surface area contributed by atoms with Crippen LogP contribution in [0.5, 0.6) is 0 Å². The van der Waals surface area contributed by atoms with E-state index in [1.807, 2.05) is 0 Å². The number of anilines is 3. The Labute approximate surface area is 342 Å². The van der Waals surface area contributed by atoms with Gasteiger partial charge in [0.25, 0.3) is 0 Å². The summed E-state index contributed by atoms with van der Waals surface area (Å²) in [7, 11) is 0. The van der Waals surface area contributed by atoms with Crippen LogP contribution in [0.15, 0.2) is 218 Å². The molecule has 0 unspecified atom stereocenters. The summed E-state index contributed by atoms with van der Waals surface area (Å²) in [5.41, 5.74) is 17.1. The molecule has 2 aliphatic carbocycles.